The van der Waals surface area contributed by atoms with Gasteiger partial charge in [-0.25, -0.2) is 18.4 Å². The van der Waals surface area contributed by atoms with Crippen LogP contribution in [0.1, 0.15) is 10.5 Å². The molecule has 0 saturated heterocycles. The van der Waals surface area contributed by atoms with E-state index in [-0.39, 0.29) is 0 Å². The quantitative estimate of drug-likeness (QED) is 0.626. The number of hydrogen-bond donors (Lipinski definition) is 2. The van der Waals surface area contributed by atoms with E-state index < -0.39 is 26.6 Å². The van der Waals surface area contributed by atoms with Gasteiger partial charge in [0, 0.05) is 13.2 Å². The fraction of sp³-hybridized carbons (Fsp3) is 0.200. The molecule has 0 bridgehead atoms. The lowest BCUT2D eigenvalue weighted by atomic mass is 10.4. The summed E-state index contributed by atoms with van der Waals surface area (Å²) in [6, 6.07) is 0. The molecule has 0 aromatic carbocycles. The van der Waals surface area contributed by atoms with Crippen molar-refractivity contribution in [3.8, 4) is 0 Å². The Morgan fingerprint density at radius 1 is 1.69 bits per heavy atom. The summed E-state index contributed by atoms with van der Waals surface area (Å²) in [5.41, 5.74) is -0.565. The van der Waals surface area contributed by atoms with Crippen molar-refractivity contribution in [1.29, 1.82) is 0 Å². The molecule has 3 N–H and O–H groups in total. The summed E-state index contributed by atoms with van der Waals surface area (Å²) in [6.07, 6.45) is 1.04. The Balaban J connectivity index is 3.46. The minimum absolute atomic E-state index is 0.484. The summed E-state index contributed by atoms with van der Waals surface area (Å²) in [6.45, 7) is 0. The van der Waals surface area contributed by atoms with Crippen LogP contribution in [0, 0.1) is 0 Å². The van der Waals surface area contributed by atoms with E-state index in [0.717, 1.165) is 10.9 Å². The number of carbonyl (C=O) groups is 1. The van der Waals surface area contributed by atoms with Crippen LogP contribution in [0.5, 0.6) is 0 Å². The lowest BCUT2D eigenvalue weighted by Crippen LogP contribution is -2.15. The van der Waals surface area contributed by atoms with Gasteiger partial charge in [0.1, 0.15) is 4.90 Å². The molecule has 0 saturated carbocycles. The Morgan fingerprint density at radius 3 is 2.54 bits per heavy atom. The number of hydrogen-bond acceptors (Lipinski definition) is 4. The topological polar surface area (TPSA) is 115 Å². The average Bonchev–Trinajstić information content (AvgIpc) is 2.29. The predicted octanol–water partition coefficient (Wildman–Crippen LogP) is -1.23. The van der Waals surface area contributed by atoms with E-state index in [1.165, 1.54) is 7.05 Å². The Kier molecular flexibility index (Phi) is 2.10. The Labute approximate surface area is 73.8 Å². The van der Waals surface area contributed by atoms with Crippen molar-refractivity contribution < 1.29 is 18.3 Å². The number of aromatic carboxylic acids is 1. The maximum Gasteiger partial charge on any atom is 0.357 e. The lowest BCUT2D eigenvalue weighted by molar-refractivity contribution is 0.0685. The summed E-state index contributed by atoms with van der Waals surface area (Å²) in [7, 11) is -2.62. The van der Waals surface area contributed by atoms with Crippen LogP contribution >= 0.6 is 0 Å². The predicted molar refractivity (Wildman–Crippen MR) is 41.5 cm³/mol. The third-order valence-corrected chi connectivity index (χ3v) is 2.22. The van der Waals surface area contributed by atoms with Gasteiger partial charge in [-0.1, -0.05) is 0 Å². The molecule has 1 aromatic rings. The molecule has 0 amide bonds. The first-order valence-corrected chi connectivity index (χ1v) is 4.66. The Morgan fingerprint density at radius 2 is 2.23 bits per heavy atom. The number of nitrogens with two attached hydrogens (primary N) is 1. The molecule has 1 heterocycles. The highest BCUT2D eigenvalue weighted by atomic mass is 32.2. The minimum Gasteiger partial charge on any atom is -0.476 e. The maximum atomic E-state index is 10.8. The van der Waals surface area contributed by atoms with Gasteiger partial charge < -0.3 is 5.11 Å². The van der Waals surface area contributed by atoms with Crippen LogP contribution in [0.15, 0.2) is 11.1 Å². The number of sulfonamides is 1. The van der Waals surface area contributed by atoms with Crippen LogP contribution < -0.4 is 5.14 Å². The number of rotatable bonds is 2. The normalized spacial score (nSPS) is 11.5. The van der Waals surface area contributed by atoms with Gasteiger partial charge in [-0.2, -0.15) is 5.10 Å². The van der Waals surface area contributed by atoms with Gasteiger partial charge in [0.15, 0.2) is 5.69 Å². The van der Waals surface area contributed by atoms with E-state index in [4.69, 9.17) is 10.2 Å². The zero-order valence-corrected chi connectivity index (χ0v) is 7.45. The molecule has 0 aliphatic heterocycles. The third-order valence-electron chi connectivity index (χ3n) is 1.30. The van der Waals surface area contributed by atoms with Crippen molar-refractivity contribution in [3.63, 3.8) is 0 Å². The highest BCUT2D eigenvalue weighted by Gasteiger charge is 2.22. The van der Waals surface area contributed by atoms with Crippen molar-refractivity contribution in [3.05, 3.63) is 11.9 Å². The van der Waals surface area contributed by atoms with Crippen LogP contribution in [0.3, 0.4) is 0 Å². The van der Waals surface area contributed by atoms with E-state index in [9.17, 15) is 13.2 Å². The first kappa shape index (κ1) is 9.68. The molecule has 0 radical (unpaired) electrons. The van der Waals surface area contributed by atoms with Crippen molar-refractivity contribution in [2.24, 2.45) is 12.2 Å². The van der Waals surface area contributed by atoms with E-state index in [1.54, 1.807) is 0 Å². The molecule has 0 unspecified atom stereocenters. The van der Waals surface area contributed by atoms with Crippen molar-refractivity contribution in [1.82, 2.24) is 9.78 Å². The maximum absolute atomic E-state index is 10.8. The highest BCUT2D eigenvalue weighted by molar-refractivity contribution is 7.89. The number of nitrogens with zero attached hydrogens (tertiary/aromatic N) is 2. The SMILES string of the molecule is Cn1cc(S(N)(=O)=O)c(C(=O)O)n1. The second kappa shape index (κ2) is 2.82. The second-order valence-corrected chi connectivity index (χ2v) is 3.90. The molecule has 72 valence electrons. The molecule has 1 rings (SSSR count). The van der Waals surface area contributed by atoms with Crippen LogP contribution in [0.2, 0.25) is 0 Å². The van der Waals surface area contributed by atoms with E-state index >= 15 is 0 Å². The molecule has 13 heavy (non-hydrogen) atoms. The molecule has 0 atom stereocenters. The van der Waals surface area contributed by atoms with Crippen molar-refractivity contribution >= 4 is 16.0 Å². The van der Waals surface area contributed by atoms with Gasteiger partial charge in [-0.05, 0) is 0 Å². The molecular formula is C5H7N3O4S. The third kappa shape index (κ3) is 1.84. The fourth-order valence-electron chi connectivity index (χ4n) is 0.823. The molecule has 0 fully saturated rings. The van der Waals surface area contributed by atoms with Crippen LogP contribution in [0.25, 0.3) is 0 Å². The monoisotopic (exact) mass is 205 g/mol. The van der Waals surface area contributed by atoms with E-state index in [0.29, 0.717) is 0 Å². The Hall–Kier alpha value is -1.41. The average molecular weight is 205 g/mol. The first-order valence-electron chi connectivity index (χ1n) is 3.12. The number of primary sulfonamides is 1. The molecule has 0 spiro atoms. The van der Waals surface area contributed by atoms with E-state index in [2.05, 4.69) is 5.10 Å². The van der Waals surface area contributed by atoms with Crippen molar-refractivity contribution in [2.45, 2.75) is 4.90 Å². The molecule has 7 nitrogen and oxygen atoms in total. The molecule has 0 aliphatic carbocycles. The number of aryl methyl sites for hydroxylation is 1. The summed E-state index contributed by atoms with van der Waals surface area (Å²) < 4.78 is 22.7. The molecule has 0 aliphatic rings. The van der Waals surface area contributed by atoms with Crippen LogP contribution in [0.4, 0.5) is 0 Å². The minimum atomic E-state index is -4.02. The standard InChI is InChI=1S/C5H7N3O4S/c1-8-2-3(13(6,11)12)4(7-8)5(9)10/h2H,1H3,(H,9,10)(H2,6,11,12). The van der Waals surface area contributed by atoms with E-state index in [1.807, 2.05) is 0 Å². The van der Waals surface area contributed by atoms with Gasteiger partial charge in [0.2, 0.25) is 10.0 Å². The first-order chi connectivity index (χ1) is 5.82. The van der Waals surface area contributed by atoms with Gasteiger partial charge in [0.05, 0.1) is 0 Å². The molecule has 1 aromatic heterocycles. The molecule has 8 heteroatoms. The largest absolute Gasteiger partial charge is 0.476 e. The smallest absolute Gasteiger partial charge is 0.357 e. The Bertz CT molecular complexity index is 446. The summed E-state index contributed by atoms with van der Waals surface area (Å²) in [5.74, 6) is -1.43. The van der Waals surface area contributed by atoms with Gasteiger partial charge >= 0.3 is 5.97 Å². The van der Waals surface area contributed by atoms with Gasteiger partial charge in [-0.15, -0.1) is 0 Å². The summed E-state index contributed by atoms with van der Waals surface area (Å²) >= 11 is 0. The number of carboxylic acids is 1. The zero-order chi connectivity index (χ0) is 10.2. The second-order valence-electron chi connectivity index (χ2n) is 2.37. The van der Waals surface area contributed by atoms with Crippen molar-refractivity contribution in [2.75, 3.05) is 0 Å². The summed E-state index contributed by atoms with van der Waals surface area (Å²) in [5, 5.41) is 16.7. The zero-order valence-electron chi connectivity index (χ0n) is 6.63. The van der Waals surface area contributed by atoms with Crippen LogP contribution in [-0.2, 0) is 17.1 Å². The van der Waals surface area contributed by atoms with Crippen LogP contribution in [-0.4, -0.2) is 29.3 Å². The number of aromatic nitrogens is 2. The molecular weight excluding hydrogens is 198 g/mol. The summed E-state index contributed by atoms with van der Waals surface area (Å²) in [4.78, 5) is 10.0. The highest BCUT2D eigenvalue weighted by Crippen LogP contribution is 2.11. The van der Waals surface area contributed by atoms with Gasteiger partial charge in [0.25, 0.3) is 0 Å². The van der Waals surface area contributed by atoms with Gasteiger partial charge in [-0.3, -0.25) is 4.68 Å². The number of carboxylic acid groups (broad SMARTS) is 1. The lowest BCUT2D eigenvalue weighted by Gasteiger charge is -1.92. The fourth-order valence-corrected chi connectivity index (χ4v) is 1.52.